The molecule has 2 aromatic carbocycles. The number of thioether (sulfide) groups is 1. The van der Waals surface area contributed by atoms with Crippen LogP contribution in [0.15, 0.2) is 65.6 Å². The summed E-state index contributed by atoms with van der Waals surface area (Å²) in [4.78, 5) is 17.9. The first-order chi connectivity index (χ1) is 9.31. The monoisotopic (exact) mass is 273 g/mol. The number of hydrogen-bond acceptors (Lipinski definition) is 3. The molecule has 1 atom stereocenters. The van der Waals surface area contributed by atoms with Crippen molar-refractivity contribution in [3.05, 3.63) is 66.2 Å². The lowest BCUT2D eigenvalue weighted by Crippen LogP contribution is -2.26. The van der Waals surface area contributed by atoms with Crippen molar-refractivity contribution in [2.45, 2.75) is 10.1 Å². The van der Waals surface area contributed by atoms with Gasteiger partial charge < -0.3 is 0 Å². The summed E-state index contributed by atoms with van der Waals surface area (Å²) in [5, 5.41) is -0.330. The van der Waals surface area contributed by atoms with Crippen LogP contribution in [0.4, 0.5) is 0 Å². The molecule has 0 aromatic heterocycles. The summed E-state index contributed by atoms with van der Waals surface area (Å²) >= 11 is 1.50. The molecule has 0 unspecified atom stereocenters. The first-order valence-corrected chi connectivity index (χ1v) is 6.78. The van der Waals surface area contributed by atoms with Crippen molar-refractivity contribution < 1.29 is 9.63 Å². The molecule has 0 saturated carbocycles. The van der Waals surface area contributed by atoms with Crippen molar-refractivity contribution in [2.75, 3.05) is 7.11 Å². The second-order valence-electron chi connectivity index (χ2n) is 3.89. The zero-order chi connectivity index (χ0) is 13.5. The van der Waals surface area contributed by atoms with Crippen LogP contribution in [0.1, 0.15) is 10.8 Å². The van der Waals surface area contributed by atoms with Crippen molar-refractivity contribution in [1.29, 1.82) is 0 Å². The maximum absolute atomic E-state index is 12.1. The third kappa shape index (κ3) is 3.84. The Balaban J connectivity index is 2.22. The third-order valence-corrected chi connectivity index (χ3v) is 3.81. The predicted molar refractivity (Wildman–Crippen MR) is 76.6 cm³/mol. The molecule has 0 saturated heterocycles. The smallest absolute Gasteiger partial charge is 0.261 e. The molecule has 2 rings (SSSR count). The highest BCUT2D eigenvalue weighted by molar-refractivity contribution is 8.00. The minimum Gasteiger partial charge on any atom is -0.277 e. The Labute approximate surface area is 116 Å². The molecule has 0 fully saturated rings. The maximum Gasteiger partial charge on any atom is 0.261 e. The van der Waals surface area contributed by atoms with Crippen LogP contribution in [0.2, 0.25) is 0 Å². The van der Waals surface area contributed by atoms with Gasteiger partial charge in [-0.2, -0.15) is 0 Å². The Morgan fingerprint density at radius 3 is 2.21 bits per heavy atom. The number of hydroxylamine groups is 1. The average Bonchev–Trinajstić information content (AvgIpc) is 2.47. The van der Waals surface area contributed by atoms with Crippen LogP contribution >= 0.6 is 11.8 Å². The van der Waals surface area contributed by atoms with Gasteiger partial charge in [0.1, 0.15) is 5.25 Å². The van der Waals surface area contributed by atoms with E-state index in [9.17, 15) is 4.79 Å². The van der Waals surface area contributed by atoms with Crippen molar-refractivity contribution in [3.63, 3.8) is 0 Å². The highest BCUT2D eigenvalue weighted by Gasteiger charge is 2.21. The van der Waals surface area contributed by atoms with E-state index in [0.29, 0.717) is 0 Å². The summed E-state index contributed by atoms with van der Waals surface area (Å²) in [6, 6.07) is 19.5. The van der Waals surface area contributed by atoms with Gasteiger partial charge in [0.2, 0.25) is 0 Å². The maximum atomic E-state index is 12.1. The summed E-state index contributed by atoms with van der Waals surface area (Å²) in [5.74, 6) is -0.164. The van der Waals surface area contributed by atoms with Crippen molar-refractivity contribution in [1.82, 2.24) is 5.48 Å². The van der Waals surface area contributed by atoms with Crippen molar-refractivity contribution >= 4 is 17.7 Å². The summed E-state index contributed by atoms with van der Waals surface area (Å²) in [7, 11) is 1.44. The van der Waals surface area contributed by atoms with Gasteiger partial charge in [-0.15, -0.1) is 11.8 Å². The fourth-order valence-electron chi connectivity index (χ4n) is 1.69. The van der Waals surface area contributed by atoms with Gasteiger partial charge in [-0.05, 0) is 17.7 Å². The Morgan fingerprint density at radius 2 is 1.63 bits per heavy atom. The molecule has 98 valence electrons. The molecule has 1 N–H and O–H groups in total. The summed E-state index contributed by atoms with van der Waals surface area (Å²) in [6.45, 7) is 0. The Bertz CT molecular complexity index is 516. The van der Waals surface area contributed by atoms with Gasteiger partial charge >= 0.3 is 0 Å². The number of carbonyl (C=O) groups excluding carboxylic acids is 1. The summed E-state index contributed by atoms with van der Waals surface area (Å²) in [5.41, 5.74) is 3.35. The van der Waals surface area contributed by atoms with E-state index >= 15 is 0 Å². The number of benzene rings is 2. The first kappa shape index (κ1) is 13.6. The number of rotatable bonds is 5. The topological polar surface area (TPSA) is 38.3 Å². The SMILES string of the molecule is CONC(=O)[C@H](Sc1ccccc1)c1ccccc1. The molecule has 0 aliphatic rings. The molecule has 19 heavy (non-hydrogen) atoms. The lowest BCUT2D eigenvalue weighted by Gasteiger charge is -2.15. The van der Waals surface area contributed by atoms with Gasteiger partial charge in [0.05, 0.1) is 7.11 Å². The molecule has 0 spiro atoms. The molecule has 1 amide bonds. The molecule has 0 aliphatic heterocycles. The highest BCUT2D eigenvalue weighted by Crippen LogP contribution is 2.35. The van der Waals surface area contributed by atoms with Crippen LogP contribution in [-0.2, 0) is 9.63 Å². The Kier molecular flexibility index (Phi) is 5.01. The van der Waals surface area contributed by atoms with Gasteiger partial charge in [0.15, 0.2) is 0 Å². The normalized spacial score (nSPS) is 11.8. The Hall–Kier alpha value is -1.78. The van der Waals surface area contributed by atoms with Crippen LogP contribution in [0, 0.1) is 0 Å². The van der Waals surface area contributed by atoms with E-state index in [-0.39, 0.29) is 11.2 Å². The molecular formula is C15H15NO2S. The van der Waals surface area contributed by atoms with Crippen molar-refractivity contribution in [2.24, 2.45) is 0 Å². The zero-order valence-electron chi connectivity index (χ0n) is 10.6. The van der Waals surface area contributed by atoms with E-state index in [0.717, 1.165) is 10.5 Å². The average molecular weight is 273 g/mol. The first-order valence-electron chi connectivity index (χ1n) is 5.91. The van der Waals surface area contributed by atoms with E-state index < -0.39 is 0 Å². The third-order valence-electron chi connectivity index (χ3n) is 2.54. The number of carbonyl (C=O) groups is 1. The molecule has 0 radical (unpaired) electrons. The van der Waals surface area contributed by atoms with E-state index in [2.05, 4.69) is 5.48 Å². The van der Waals surface area contributed by atoms with Crippen LogP contribution in [0.5, 0.6) is 0 Å². The largest absolute Gasteiger partial charge is 0.277 e. The fraction of sp³-hybridized carbons (Fsp3) is 0.133. The number of amides is 1. The number of nitrogens with one attached hydrogen (secondary N) is 1. The summed E-state index contributed by atoms with van der Waals surface area (Å²) in [6.07, 6.45) is 0. The van der Waals surface area contributed by atoms with Gasteiger partial charge in [0.25, 0.3) is 5.91 Å². The van der Waals surface area contributed by atoms with Gasteiger partial charge in [0, 0.05) is 4.90 Å². The van der Waals surface area contributed by atoms with Crippen LogP contribution < -0.4 is 5.48 Å². The van der Waals surface area contributed by atoms with E-state index in [4.69, 9.17) is 4.84 Å². The lowest BCUT2D eigenvalue weighted by molar-refractivity contribution is -0.130. The quantitative estimate of drug-likeness (QED) is 0.671. The second-order valence-corrected chi connectivity index (χ2v) is 5.07. The van der Waals surface area contributed by atoms with Gasteiger partial charge in [-0.3, -0.25) is 9.63 Å². The van der Waals surface area contributed by atoms with E-state index in [1.54, 1.807) is 0 Å². The van der Waals surface area contributed by atoms with Gasteiger partial charge in [-0.25, -0.2) is 5.48 Å². The fourth-order valence-corrected chi connectivity index (χ4v) is 2.72. The van der Waals surface area contributed by atoms with E-state index in [1.807, 2.05) is 60.7 Å². The number of hydrogen-bond donors (Lipinski definition) is 1. The van der Waals surface area contributed by atoms with E-state index in [1.165, 1.54) is 18.9 Å². The van der Waals surface area contributed by atoms with Crippen LogP contribution in [0.25, 0.3) is 0 Å². The van der Waals surface area contributed by atoms with Crippen LogP contribution in [0.3, 0.4) is 0 Å². The lowest BCUT2D eigenvalue weighted by atomic mass is 10.1. The van der Waals surface area contributed by atoms with Crippen molar-refractivity contribution in [3.8, 4) is 0 Å². The Morgan fingerprint density at radius 1 is 1.05 bits per heavy atom. The molecule has 3 nitrogen and oxygen atoms in total. The zero-order valence-corrected chi connectivity index (χ0v) is 11.4. The predicted octanol–water partition coefficient (Wildman–Crippen LogP) is 3.20. The molecule has 0 aliphatic carbocycles. The van der Waals surface area contributed by atoms with Gasteiger partial charge in [-0.1, -0.05) is 48.5 Å². The molecule has 0 bridgehead atoms. The minimum atomic E-state index is -0.330. The minimum absolute atomic E-state index is 0.164. The molecule has 0 heterocycles. The summed E-state index contributed by atoms with van der Waals surface area (Å²) < 4.78 is 0. The standard InChI is InChI=1S/C15H15NO2S/c1-18-16-15(17)14(12-8-4-2-5-9-12)19-13-10-6-3-7-11-13/h2-11,14H,1H3,(H,16,17)/t14-/m1/s1. The molecule has 4 heteroatoms. The second kappa shape index (κ2) is 6.97. The highest BCUT2D eigenvalue weighted by atomic mass is 32.2. The molecule has 2 aromatic rings. The van der Waals surface area contributed by atoms with Crippen LogP contribution in [-0.4, -0.2) is 13.0 Å². The molecular weight excluding hydrogens is 258 g/mol.